The molecule has 0 radical (unpaired) electrons. The van der Waals surface area contributed by atoms with E-state index in [1.54, 1.807) is 13.2 Å². The van der Waals surface area contributed by atoms with E-state index >= 15 is 0 Å². The largest absolute Gasteiger partial charge is 0.497 e. The van der Waals surface area contributed by atoms with E-state index in [4.69, 9.17) is 10.1 Å². The Kier molecular flexibility index (Phi) is 4.04. The molecule has 0 bridgehead atoms. The van der Waals surface area contributed by atoms with E-state index in [9.17, 15) is 4.79 Å². The molecule has 25 heavy (non-hydrogen) atoms. The molecule has 0 atom stereocenters. The minimum absolute atomic E-state index is 0.0625. The van der Waals surface area contributed by atoms with Crippen molar-refractivity contribution in [1.82, 2.24) is 9.91 Å². The lowest BCUT2D eigenvalue weighted by atomic mass is 10.1. The normalized spacial score (nSPS) is 21.6. The number of benzene rings is 1. The Balaban J connectivity index is 1.62. The number of aliphatic imine (C=N–C) groups is 1. The molecule has 0 aliphatic carbocycles. The summed E-state index contributed by atoms with van der Waals surface area (Å²) in [5, 5.41) is 15.6. The number of amides is 1. The molecule has 4 rings (SSSR count). The van der Waals surface area contributed by atoms with Gasteiger partial charge in [0.05, 0.1) is 12.7 Å². The van der Waals surface area contributed by atoms with Crippen LogP contribution in [-0.4, -0.2) is 52.2 Å². The highest BCUT2D eigenvalue weighted by Gasteiger charge is 2.37. The maximum Gasteiger partial charge on any atom is 0.283 e. The Morgan fingerprint density at radius 3 is 2.60 bits per heavy atom. The third-order valence-corrected chi connectivity index (χ3v) is 5.22. The fourth-order valence-corrected chi connectivity index (χ4v) is 3.83. The molecule has 0 aromatic heterocycles. The van der Waals surface area contributed by atoms with Gasteiger partial charge in [0.2, 0.25) is 5.17 Å². The van der Waals surface area contributed by atoms with Gasteiger partial charge in [-0.3, -0.25) is 10.2 Å². The van der Waals surface area contributed by atoms with Crippen molar-refractivity contribution in [1.29, 1.82) is 5.41 Å². The number of nitrogens with zero attached hydrogens (tertiary/aromatic N) is 4. The molecule has 1 aromatic rings. The van der Waals surface area contributed by atoms with Crippen molar-refractivity contribution in [3.63, 3.8) is 0 Å². The molecule has 1 saturated heterocycles. The highest BCUT2D eigenvalue weighted by molar-refractivity contribution is 8.26. The van der Waals surface area contributed by atoms with Crippen molar-refractivity contribution >= 4 is 39.9 Å². The number of nitrogens with one attached hydrogen (secondary N) is 1. The Morgan fingerprint density at radius 2 is 1.92 bits per heavy atom. The van der Waals surface area contributed by atoms with Crippen molar-refractivity contribution in [3.05, 3.63) is 35.4 Å². The third kappa shape index (κ3) is 2.93. The Bertz CT molecular complexity index is 822. The van der Waals surface area contributed by atoms with Gasteiger partial charge in [-0.25, -0.2) is 0 Å². The van der Waals surface area contributed by atoms with Gasteiger partial charge in [-0.1, -0.05) is 12.1 Å². The second-order valence-electron chi connectivity index (χ2n) is 5.87. The molecule has 3 aliphatic rings. The number of hydrazone groups is 1. The van der Waals surface area contributed by atoms with Crippen LogP contribution in [0, 0.1) is 5.41 Å². The van der Waals surface area contributed by atoms with E-state index in [1.807, 2.05) is 24.3 Å². The number of carbonyl (C=O) groups is 1. The van der Waals surface area contributed by atoms with Gasteiger partial charge in [-0.15, -0.1) is 5.10 Å². The predicted octanol–water partition coefficient (Wildman–Crippen LogP) is 2.37. The number of hydrogen-bond donors (Lipinski definition) is 1. The minimum Gasteiger partial charge on any atom is -0.497 e. The number of rotatable bonds is 2. The number of carbonyl (C=O) groups excluding carboxylic acids is 1. The minimum atomic E-state index is -0.405. The van der Waals surface area contributed by atoms with Crippen LogP contribution in [0.3, 0.4) is 0 Å². The van der Waals surface area contributed by atoms with Gasteiger partial charge in [-0.05, 0) is 48.4 Å². The van der Waals surface area contributed by atoms with Crippen molar-refractivity contribution in [2.24, 2.45) is 10.1 Å². The Morgan fingerprint density at radius 1 is 1.20 bits per heavy atom. The van der Waals surface area contributed by atoms with Crippen LogP contribution in [0.4, 0.5) is 0 Å². The van der Waals surface area contributed by atoms with Gasteiger partial charge in [0, 0.05) is 13.1 Å². The maximum atomic E-state index is 12.4. The third-order valence-electron chi connectivity index (χ3n) is 4.25. The van der Waals surface area contributed by atoms with Crippen molar-refractivity contribution < 1.29 is 9.53 Å². The van der Waals surface area contributed by atoms with E-state index in [0.29, 0.717) is 5.17 Å². The van der Waals surface area contributed by atoms with Gasteiger partial charge < -0.3 is 9.64 Å². The van der Waals surface area contributed by atoms with E-state index in [-0.39, 0.29) is 11.4 Å². The van der Waals surface area contributed by atoms with E-state index in [0.717, 1.165) is 42.4 Å². The SMILES string of the molecule is COc1ccc(/C=C2/C(=N)N3N=C(N4CCCC4)SC3=NC2=O)cc1. The van der Waals surface area contributed by atoms with Gasteiger partial charge in [0.25, 0.3) is 5.91 Å². The molecule has 1 aromatic carbocycles. The van der Waals surface area contributed by atoms with Crippen molar-refractivity contribution in [2.75, 3.05) is 20.2 Å². The topological polar surface area (TPSA) is 81.3 Å². The molecule has 8 heteroatoms. The van der Waals surface area contributed by atoms with Crippen molar-refractivity contribution in [3.8, 4) is 5.75 Å². The summed E-state index contributed by atoms with van der Waals surface area (Å²) in [7, 11) is 1.60. The number of thioether (sulfide) groups is 1. The first-order valence-corrected chi connectivity index (χ1v) is 8.86. The summed E-state index contributed by atoms with van der Waals surface area (Å²) in [4.78, 5) is 18.7. The molecular weight excluding hydrogens is 338 g/mol. The van der Waals surface area contributed by atoms with Crippen molar-refractivity contribution in [2.45, 2.75) is 12.8 Å². The highest BCUT2D eigenvalue weighted by atomic mass is 32.2. The zero-order valence-corrected chi connectivity index (χ0v) is 14.5. The predicted molar refractivity (Wildman–Crippen MR) is 98.8 cm³/mol. The zero-order chi connectivity index (χ0) is 17.4. The molecule has 1 fully saturated rings. The lowest BCUT2D eigenvalue weighted by molar-refractivity contribution is -0.114. The monoisotopic (exact) mass is 355 g/mol. The maximum absolute atomic E-state index is 12.4. The summed E-state index contributed by atoms with van der Waals surface area (Å²) in [5.41, 5.74) is 1.05. The van der Waals surface area contributed by atoms with Crippen LogP contribution >= 0.6 is 11.8 Å². The molecule has 128 valence electrons. The van der Waals surface area contributed by atoms with Gasteiger partial charge in [-0.2, -0.15) is 10.0 Å². The standard InChI is InChI=1S/C17H17N5O2S/c1-24-12-6-4-11(5-7-12)10-13-14(18)22-16(19-15(13)23)25-17(20-22)21-8-2-3-9-21/h4-7,10,18H,2-3,8-9H2,1H3/b13-10-,18-14?. The second kappa shape index (κ2) is 6.36. The average molecular weight is 355 g/mol. The van der Waals surface area contributed by atoms with E-state index in [1.165, 1.54) is 16.8 Å². The molecular formula is C17H17N5O2S. The molecule has 3 heterocycles. The Labute approximate surface area is 149 Å². The lowest BCUT2D eigenvalue weighted by Crippen LogP contribution is -2.35. The molecule has 1 N–H and O–H groups in total. The highest BCUT2D eigenvalue weighted by Crippen LogP contribution is 2.30. The summed E-state index contributed by atoms with van der Waals surface area (Å²) >= 11 is 1.36. The average Bonchev–Trinajstić information content (AvgIpc) is 3.28. The van der Waals surface area contributed by atoms with E-state index < -0.39 is 5.91 Å². The number of methoxy groups -OCH3 is 1. The van der Waals surface area contributed by atoms with Crippen LogP contribution in [0.1, 0.15) is 18.4 Å². The molecule has 7 nitrogen and oxygen atoms in total. The quantitative estimate of drug-likeness (QED) is 0.824. The number of amidine groups is 3. The van der Waals surface area contributed by atoms with Gasteiger partial charge >= 0.3 is 0 Å². The fraction of sp³-hybridized carbons (Fsp3) is 0.294. The first kappa shape index (κ1) is 15.9. The number of hydrogen-bond acceptors (Lipinski definition) is 6. The van der Waals surface area contributed by atoms with Gasteiger partial charge in [0.15, 0.2) is 11.0 Å². The molecule has 0 saturated carbocycles. The van der Waals surface area contributed by atoms with Crippen LogP contribution in [0.15, 0.2) is 39.9 Å². The lowest BCUT2D eigenvalue weighted by Gasteiger charge is -2.20. The number of fused-ring (bicyclic) bond motifs is 1. The summed E-state index contributed by atoms with van der Waals surface area (Å²) < 4.78 is 5.13. The Hall–Kier alpha value is -2.61. The smallest absolute Gasteiger partial charge is 0.283 e. The number of ether oxygens (including phenoxy) is 1. The summed E-state index contributed by atoms with van der Waals surface area (Å²) in [6.45, 7) is 1.92. The first-order chi connectivity index (χ1) is 12.2. The van der Waals surface area contributed by atoms with Crippen LogP contribution < -0.4 is 4.74 Å². The molecule has 0 unspecified atom stereocenters. The summed E-state index contributed by atoms with van der Waals surface area (Å²) in [6, 6.07) is 7.30. The molecule has 3 aliphatic heterocycles. The zero-order valence-electron chi connectivity index (χ0n) is 13.7. The molecule has 0 spiro atoms. The van der Waals surface area contributed by atoms with Crippen LogP contribution in [0.2, 0.25) is 0 Å². The van der Waals surface area contributed by atoms with Crippen LogP contribution in [-0.2, 0) is 4.79 Å². The first-order valence-electron chi connectivity index (χ1n) is 8.05. The summed E-state index contributed by atoms with van der Waals surface area (Å²) in [5.74, 6) is 0.397. The van der Waals surface area contributed by atoms with Crippen LogP contribution in [0.5, 0.6) is 5.75 Å². The molecule has 1 amide bonds. The van der Waals surface area contributed by atoms with Gasteiger partial charge in [0.1, 0.15) is 5.75 Å². The van der Waals surface area contributed by atoms with E-state index in [2.05, 4.69) is 15.0 Å². The summed E-state index contributed by atoms with van der Waals surface area (Å²) in [6.07, 6.45) is 3.95. The number of likely N-dealkylation sites (tertiary alicyclic amines) is 1. The fourth-order valence-electron chi connectivity index (χ4n) is 2.89. The second-order valence-corrected chi connectivity index (χ2v) is 6.80. The van der Waals surface area contributed by atoms with Crippen LogP contribution in [0.25, 0.3) is 6.08 Å².